The van der Waals surface area contributed by atoms with Crippen LogP contribution in [0.3, 0.4) is 0 Å². The lowest BCUT2D eigenvalue weighted by Crippen LogP contribution is -2.29. The summed E-state index contributed by atoms with van der Waals surface area (Å²) in [5.41, 5.74) is -0.493. The maximum absolute atomic E-state index is 12.6. The number of nitrogens with one attached hydrogen (secondary N) is 1. The zero-order valence-corrected chi connectivity index (χ0v) is 17.3. The molecule has 0 saturated carbocycles. The summed E-state index contributed by atoms with van der Waals surface area (Å²) < 4.78 is 38.1. The number of thioether (sulfide) groups is 1. The molecule has 1 aromatic heterocycles. The van der Waals surface area contributed by atoms with E-state index in [1.54, 1.807) is 6.08 Å². The molecule has 1 N–H and O–H groups in total. The Labute approximate surface area is 178 Å². The zero-order valence-electron chi connectivity index (χ0n) is 14.9. The van der Waals surface area contributed by atoms with Crippen LogP contribution in [0.2, 0.25) is 0 Å². The maximum Gasteiger partial charge on any atom is 0.416 e. The first-order valence-electron chi connectivity index (χ1n) is 8.50. The van der Waals surface area contributed by atoms with E-state index in [2.05, 4.69) is 5.32 Å². The highest BCUT2D eigenvalue weighted by molar-refractivity contribution is 8.26. The molecule has 1 aliphatic rings. The third-order valence-corrected chi connectivity index (χ3v) is 6.17. The highest BCUT2D eigenvalue weighted by atomic mass is 32.2. The fourth-order valence-corrected chi connectivity index (χ4v) is 4.59. The van der Waals surface area contributed by atoms with Gasteiger partial charge in [-0.05, 0) is 48.2 Å². The number of anilines is 1. The second kappa shape index (κ2) is 9.10. The SMILES string of the molecule is O=C(CCCN1C(=O)/C(=C/c2cccs2)SC1=S)Nc1ccc(C(F)(F)F)cc1. The van der Waals surface area contributed by atoms with E-state index in [9.17, 15) is 22.8 Å². The maximum atomic E-state index is 12.6. The molecule has 1 aromatic carbocycles. The summed E-state index contributed by atoms with van der Waals surface area (Å²) in [6.45, 7) is 0.298. The van der Waals surface area contributed by atoms with Crippen LogP contribution < -0.4 is 5.32 Å². The number of hydrogen-bond donors (Lipinski definition) is 1. The van der Waals surface area contributed by atoms with Gasteiger partial charge in [-0.25, -0.2) is 0 Å². The Balaban J connectivity index is 1.49. The standard InChI is InChI=1S/C19H15F3N2O2S3/c20-19(21,22)12-5-7-13(8-6-12)23-16(25)4-1-9-24-17(26)15(29-18(24)27)11-14-3-2-10-28-14/h2-3,5-8,10-11H,1,4,9H2,(H,23,25)/b15-11-. The van der Waals surface area contributed by atoms with Gasteiger partial charge in [-0.3, -0.25) is 14.5 Å². The molecule has 4 nitrogen and oxygen atoms in total. The van der Waals surface area contributed by atoms with Crippen LogP contribution in [0.1, 0.15) is 23.3 Å². The summed E-state index contributed by atoms with van der Waals surface area (Å²) in [6, 6.07) is 8.04. The minimum atomic E-state index is -4.42. The third-order valence-electron chi connectivity index (χ3n) is 3.97. The van der Waals surface area contributed by atoms with Gasteiger partial charge >= 0.3 is 6.18 Å². The topological polar surface area (TPSA) is 49.4 Å². The Morgan fingerprint density at radius 2 is 1.93 bits per heavy atom. The number of thiocarbonyl (C=S) groups is 1. The first kappa shape index (κ1) is 21.5. The van der Waals surface area contributed by atoms with Crippen LogP contribution in [0.5, 0.6) is 0 Å². The average Bonchev–Trinajstić information content (AvgIpc) is 3.25. The molecule has 0 unspecified atom stereocenters. The smallest absolute Gasteiger partial charge is 0.326 e. The van der Waals surface area contributed by atoms with E-state index in [0.717, 1.165) is 17.0 Å². The number of halogens is 3. The molecule has 1 fully saturated rings. The number of carbonyl (C=O) groups is 2. The molecule has 29 heavy (non-hydrogen) atoms. The minimum absolute atomic E-state index is 0.113. The van der Waals surface area contributed by atoms with Crippen LogP contribution in [-0.4, -0.2) is 27.6 Å². The molecular weight excluding hydrogens is 441 g/mol. The lowest BCUT2D eigenvalue weighted by molar-refractivity contribution is -0.137. The summed E-state index contributed by atoms with van der Waals surface area (Å²) in [7, 11) is 0. The molecule has 3 rings (SSSR count). The number of thiophene rings is 1. The van der Waals surface area contributed by atoms with Crippen molar-refractivity contribution in [2.24, 2.45) is 0 Å². The molecule has 2 amide bonds. The summed E-state index contributed by atoms with van der Waals surface area (Å²) >= 11 is 8.00. The fourth-order valence-electron chi connectivity index (χ4n) is 2.56. The third kappa shape index (κ3) is 5.68. The highest BCUT2D eigenvalue weighted by Crippen LogP contribution is 2.33. The molecule has 1 aliphatic heterocycles. The van der Waals surface area contributed by atoms with Gasteiger partial charge in [-0.15, -0.1) is 11.3 Å². The van der Waals surface area contributed by atoms with E-state index in [-0.39, 0.29) is 23.9 Å². The number of hydrogen-bond acceptors (Lipinski definition) is 5. The minimum Gasteiger partial charge on any atom is -0.326 e. The molecular formula is C19H15F3N2O2S3. The second-order valence-electron chi connectivity index (χ2n) is 6.08. The molecule has 0 aliphatic carbocycles. The first-order valence-corrected chi connectivity index (χ1v) is 10.6. The van der Waals surface area contributed by atoms with Crippen molar-refractivity contribution in [3.8, 4) is 0 Å². The van der Waals surface area contributed by atoms with Gasteiger partial charge < -0.3 is 5.32 Å². The lowest BCUT2D eigenvalue weighted by Gasteiger charge is -2.14. The molecule has 0 radical (unpaired) electrons. The molecule has 10 heteroatoms. The molecule has 0 atom stereocenters. The molecule has 0 spiro atoms. The van der Waals surface area contributed by atoms with Gasteiger partial charge in [-0.2, -0.15) is 13.2 Å². The van der Waals surface area contributed by atoms with E-state index < -0.39 is 11.7 Å². The van der Waals surface area contributed by atoms with Gasteiger partial charge in [0.25, 0.3) is 5.91 Å². The van der Waals surface area contributed by atoms with Gasteiger partial charge in [0.2, 0.25) is 5.91 Å². The molecule has 0 bridgehead atoms. The Hall–Kier alpha value is -2.17. The average molecular weight is 457 g/mol. The monoisotopic (exact) mass is 456 g/mol. The van der Waals surface area contributed by atoms with Crippen molar-refractivity contribution < 1.29 is 22.8 Å². The van der Waals surface area contributed by atoms with E-state index in [0.29, 0.717) is 22.2 Å². The Morgan fingerprint density at radius 1 is 1.21 bits per heavy atom. The molecule has 152 valence electrons. The predicted molar refractivity (Wildman–Crippen MR) is 114 cm³/mol. The van der Waals surface area contributed by atoms with Gasteiger partial charge in [0, 0.05) is 23.5 Å². The summed E-state index contributed by atoms with van der Waals surface area (Å²) in [5.74, 6) is -0.527. The van der Waals surface area contributed by atoms with Crippen LogP contribution in [0.4, 0.5) is 18.9 Å². The normalized spacial score (nSPS) is 16.0. The Kier molecular flexibility index (Phi) is 6.76. The highest BCUT2D eigenvalue weighted by Gasteiger charge is 2.32. The lowest BCUT2D eigenvalue weighted by atomic mass is 10.2. The van der Waals surface area contributed by atoms with E-state index in [1.807, 2.05) is 17.5 Å². The van der Waals surface area contributed by atoms with Crippen molar-refractivity contribution in [2.45, 2.75) is 19.0 Å². The van der Waals surface area contributed by atoms with Gasteiger partial charge in [0.1, 0.15) is 4.32 Å². The fraction of sp³-hybridized carbons (Fsp3) is 0.211. The molecule has 1 saturated heterocycles. The number of amides is 2. The van der Waals surface area contributed by atoms with Gasteiger partial charge in [0.05, 0.1) is 10.5 Å². The summed E-state index contributed by atoms with van der Waals surface area (Å²) in [5, 5.41) is 4.47. The van der Waals surface area contributed by atoms with Crippen molar-refractivity contribution in [2.75, 3.05) is 11.9 Å². The van der Waals surface area contributed by atoms with Gasteiger partial charge in [0.15, 0.2) is 0 Å². The van der Waals surface area contributed by atoms with Gasteiger partial charge in [-0.1, -0.05) is 30.0 Å². The van der Waals surface area contributed by atoms with Crippen molar-refractivity contribution in [1.82, 2.24) is 4.90 Å². The van der Waals surface area contributed by atoms with Crippen LogP contribution in [0.15, 0.2) is 46.7 Å². The number of nitrogens with zero attached hydrogens (tertiary/aromatic N) is 1. The van der Waals surface area contributed by atoms with E-state index in [4.69, 9.17) is 12.2 Å². The van der Waals surface area contributed by atoms with Crippen LogP contribution in [0.25, 0.3) is 6.08 Å². The molecule has 2 heterocycles. The predicted octanol–water partition coefficient (Wildman–Crippen LogP) is 5.39. The van der Waals surface area contributed by atoms with E-state index in [1.165, 1.54) is 40.1 Å². The summed E-state index contributed by atoms with van der Waals surface area (Å²) in [6.07, 6.45) is -2.13. The van der Waals surface area contributed by atoms with Crippen molar-refractivity contribution >= 4 is 63.2 Å². The van der Waals surface area contributed by atoms with Crippen molar-refractivity contribution in [1.29, 1.82) is 0 Å². The Bertz CT molecular complexity index is 939. The zero-order chi connectivity index (χ0) is 21.0. The Morgan fingerprint density at radius 3 is 2.55 bits per heavy atom. The largest absolute Gasteiger partial charge is 0.416 e. The first-order chi connectivity index (χ1) is 13.7. The van der Waals surface area contributed by atoms with Crippen molar-refractivity contribution in [3.05, 3.63) is 57.1 Å². The second-order valence-corrected chi connectivity index (χ2v) is 8.73. The molecule has 2 aromatic rings. The number of rotatable bonds is 6. The number of carbonyl (C=O) groups excluding carboxylic acids is 2. The van der Waals surface area contributed by atoms with E-state index >= 15 is 0 Å². The number of alkyl halides is 3. The quantitative estimate of drug-likeness (QED) is 0.468. The van der Waals surface area contributed by atoms with Crippen molar-refractivity contribution in [3.63, 3.8) is 0 Å². The van der Waals surface area contributed by atoms with Crippen LogP contribution in [0, 0.1) is 0 Å². The van der Waals surface area contributed by atoms with Crippen LogP contribution in [-0.2, 0) is 15.8 Å². The van der Waals surface area contributed by atoms with Crippen LogP contribution >= 0.6 is 35.3 Å². The number of benzene rings is 1. The summed E-state index contributed by atoms with van der Waals surface area (Å²) in [4.78, 5) is 27.5.